The average molecular weight is 405 g/mol. The van der Waals surface area contributed by atoms with E-state index in [2.05, 4.69) is 106 Å². The summed E-state index contributed by atoms with van der Waals surface area (Å²) in [5, 5.41) is 0. The topological polar surface area (TPSA) is 0 Å². The molecule has 0 fully saturated rings. The summed E-state index contributed by atoms with van der Waals surface area (Å²) in [5.74, 6) is 0. The van der Waals surface area contributed by atoms with E-state index in [9.17, 15) is 0 Å². The number of benzene rings is 2. The predicted molar refractivity (Wildman–Crippen MR) is 133 cm³/mol. The Bertz CT molecular complexity index is 844. The van der Waals surface area contributed by atoms with E-state index < -0.39 is 0 Å². The highest BCUT2D eigenvalue weighted by Gasteiger charge is 2.38. The second-order valence-corrected chi connectivity index (χ2v) is 13.1. The van der Waals surface area contributed by atoms with Crippen molar-refractivity contribution in [2.45, 2.75) is 106 Å². The standard InChI is InChI=1S/2C15H22/c2*1-11-6-7-13-12(8-11)9-14(2,3)10-15(13,4)5/h2*6-8H,9-10H2,1-5H3. The van der Waals surface area contributed by atoms with Crippen LogP contribution >= 0.6 is 0 Å². The van der Waals surface area contributed by atoms with Crippen LogP contribution in [0.5, 0.6) is 0 Å². The van der Waals surface area contributed by atoms with E-state index in [0.29, 0.717) is 21.7 Å². The maximum absolute atomic E-state index is 2.39. The molecule has 0 unspecified atom stereocenters. The lowest BCUT2D eigenvalue weighted by Crippen LogP contribution is -2.34. The summed E-state index contributed by atoms with van der Waals surface area (Å²) in [4.78, 5) is 0. The maximum atomic E-state index is 2.39. The number of hydrogen-bond donors (Lipinski definition) is 0. The summed E-state index contributed by atoms with van der Waals surface area (Å²) in [6.45, 7) is 23.4. The minimum Gasteiger partial charge on any atom is -0.0596 e. The molecule has 0 bridgehead atoms. The smallest absolute Gasteiger partial charge is 0.00956 e. The molecular weight excluding hydrogens is 360 g/mol. The lowest BCUT2D eigenvalue weighted by atomic mass is 9.62. The molecule has 164 valence electrons. The Morgan fingerprint density at radius 1 is 0.533 bits per heavy atom. The van der Waals surface area contributed by atoms with Gasteiger partial charge in [0.05, 0.1) is 0 Å². The van der Waals surface area contributed by atoms with E-state index in [1.165, 1.54) is 36.8 Å². The van der Waals surface area contributed by atoms with E-state index in [1.54, 1.807) is 22.3 Å². The van der Waals surface area contributed by atoms with Crippen LogP contribution in [0.2, 0.25) is 0 Å². The monoisotopic (exact) mass is 404 g/mol. The van der Waals surface area contributed by atoms with Gasteiger partial charge in [-0.3, -0.25) is 0 Å². The van der Waals surface area contributed by atoms with E-state index in [1.807, 2.05) is 0 Å². The Kier molecular flexibility index (Phi) is 5.81. The molecule has 2 aromatic carbocycles. The molecule has 2 aliphatic carbocycles. The second-order valence-electron chi connectivity index (χ2n) is 13.1. The van der Waals surface area contributed by atoms with Crippen LogP contribution < -0.4 is 0 Å². The molecule has 0 saturated carbocycles. The van der Waals surface area contributed by atoms with Crippen molar-refractivity contribution in [2.24, 2.45) is 10.8 Å². The highest BCUT2D eigenvalue weighted by atomic mass is 14.4. The van der Waals surface area contributed by atoms with Crippen molar-refractivity contribution in [3.63, 3.8) is 0 Å². The van der Waals surface area contributed by atoms with Crippen LogP contribution in [0.1, 0.15) is 102 Å². The van der Waals surface area contributed by atoms with Crippen molar-refractivity contribution >= 4 is 0 Å². The molecule has 0 radical (unpaired) electrons. The molecule has 0 nitrogen and oxygen atoms in total. The highest BCUT2D eigenvalue weighted by molar-refractivity contribution is 5.40. The first-order valence-corrected chi connectivity index (χ1v) is 11.8. The third-order valence-electron chi connectivity index (χ3n) is 7.16. The summed E-state index contributed by atoms with van der Waals surface area (Å²) in [5.41, 5.74) is 10.6. The minimum atomic E-state index is 0.338. The SMILES string of the molecule is Cc1ccc2c(c1)CC(C)(C)CC2(C)C.Cc1ccc2c(c1)CC(C)(C)CC2(C)C. The van der Waals surface area contributed by atoms with Crippen LogP contribution in [-0.4, -0.2) is 0 Å². The van der Waals surface area contributed by atoms with Crippen LogP contribution in [0.15, 0.2) is 36.4 Å². The summed E-state index contributed by atoms with van der Waals surface area (Å²) in [7, 11) is 0. The molecular formula is C30H44. The predicted octanol–water partition coefficient (Wildman–Crippen LogP) is 8.49. The Labute approximate surface area is 186 Å². The van der Waals surface area contributed by atoms with Crippen LogP contribution in [0, 0.1) is 24.7 Å². The minimum absolute atomic E-state index is 0.338. The Hall–Kier alpha value is -1.56. The highest BCUT2D eigenvalue weighted by Crippen LogP contribution is 2.46. The molecule has 4 rings (SSSR count). The van der Waals surface area contributed by atoms with Gasteiger partial charge in [0, 0.05) is 0 Å². The Morgan fingerprint density at radius 2 is 0.867 bits per heavy atom. The summed E-state index contributed by atoms with van der Waals surface area (Å²) < 4.78 is 0. The normalized spacial score (nSPS) is 22.2. The fraction of sp³-hybridized carbons (Fsp3) is 0.600. The van der Waals surface area contributed by atoms with E-state index in [4.69, 9.17) is 0 Å². The lowest BCUT2D eigenvalue weighted by molar-refractivity contribution is 0.231. The Balaban J connectivity index is 0.000000171. The largest absolute Gasteiger partial charge is 0.0596 e. The first kappa shape index (κ1) is 23.1. The van der Waals surface area contributed by atoms with Crippen molar-refractivity contribution in [1.29, 1.82) is 0 Å². The van der Waals surface area contributed by atoms with Gasteiger partial charge in [0.15, 0.2) is 0 Å². The summed E-state index contributed by atoms with van der Waals surface area (Å²) in [6, 6.07) is 13.9. The average Bonchev–Trinajstić information content (AvgIpc) is 2.50. The molecule has 0 heterocycles. The van der Waals surface area contributed by atoms with Crippen molar-refractivity contribution in [1.82, 2.24) is 0 Å². The maximum Gasteiger partial charge on any atom is -0.00956 e. The van der Waals surface area contributed by atoms with Crippen LogP contribution in [0.3, 0.4) is 0 Å². The van der Waals surface area contributed by atoms with E-state index in [0.717, 1.165) is 0 Å². The zero-order valence-electron chi connectivity index (χ0n) is 21.3. The molecule has 0 N–H and O–H groups in total. The van der Waals surface area contributed by atoms with Crippen LogP contribution in [0.25, 0.3) is 0 Å². The molecule has 0 aromatic heterocycles. The first-order valence-electron chi connectivity index (χ1n) is 11.8. The van der Waals surface area contributed by atoms with Gasteiger partial charge in [0.2, 0.25) is 0 Å². The molecule has 0 amide bonds. The van der Waals surface area contributed by atoms with Gasteiger partial charge >= 0.3 is 0 Å². The van der Waals surface area contributed by atoms with Crippen molar-refractivity contribution < 1.29 is 0 Å². The number of hydrogen-bond acceptors (Lipinski definition) is 0. The Morgan fingerprint density at radius 3 is 1.20 bits per heavy atom. The van der Waals surface area contributed by atoms with Gasteiger partial charge in [0.25, 0.3) is 0 Å². The zero-order valence-corrected chi connectivity index (χ0v) is 21.3. The van der Waals surface area contributed by atoms with Crippen molar-refractivity contribution in [3.8, 4) is 0 Å². The molecule has 30 heavy (non-hydrogen) atoms. The van der Waals surface area contributed by atoms with Crippen molar-refractivity contribution in [3.05, 3.63) is 69.8 Å². The third kappa shape index (κ3) is 5.01. The van der Waals surface area contributed by atoms with Gasteiger partial charge in [-0.25, -0.2) is 0 Å². The molecule has 0 atom stereocenters. The third-order valence-corrected chi connectivity index (χ3v) is 7.16. The zero-order chi connectivity index (χ0) is 22.5. The number of fused-ring (bicyclic) bond motifs is 2. The van der Waals surface area contributed by atoms with Crippen molar-refractivity contribution in [2.75, 3.05) is 0 Å². The van der Waals surface area contributed by atoms with Crippen LogP contribution in [0.4, 0.5) is 0 Å². The number of aryl methyl sites for hydroxylation is 2. The second kappa shape index (κ2) is 7.54. The number of rotatable bonds is 0. The van der Waals surface area contributed by atoms with Gasteiger partial charge in [-0.2, -0.15) is 0 Å². The fourth-order valence-corrected chi connectivity index (χ4v) is 6.80. The molecule has 0 saturated heterocycles. The van der Waals surface area contributed by atoms with Gasteiger partial charge in [-0.1, -0.05) is 103 Å². The van der Waals surface area contributed by atoms with E-state index >= 15 is 0 Å². The summed E-state index contributed by atoms with van der Waals surface area (Å²) in [6.07, 6.45) is 5.03. The van der Waals surface area contributed by atoms with Gasteiger partial charge in [0.1, 0.15) is 0 Å². The molecule has 0 heteroatoms. The molecule has 2 aliphatic rings. The van der Waals surface area contributed by atoms with Gasteiger partial charge in [-0.05, 0) is 83.4 Å². The lowest BCUT2D eigenvalue weighted by Gasteiger charge is -2.42. The molecule has 0 spiro atoms. The molecule has 2 aromatic rings. The van der Waals surface area contributed by atoms with E-state index in [-0.39, 0.29) is 0 Å². The van der Waals surface area contributed by atoms with Crippen LogP contribution in [-0.2, 0) is 23.7 Å². The fourth-order valence-electron chi connectivity index (χ4n) is 6.80. The quantitative estimate of drug-likeness (QED) is 0.413. The molecule has 0 aliphatic heterocycles. The van der Waals surface area contributed by atoms with Gasteiger partial charge in [-0.15, -0.1) is 0 Å². The van der Waals surface area contributed by atoms with Gasteiger partial charge < -0.3 is 0 Å². The summed E-state index contributed by atoms with van der Waals surface area (Å²) >= 11 is 0. The first-order chi connectivity index (χ1) is 13.6.